The maximum absolute atomic E-state index is 12.0. The lowest BCUT2D eigenvalue weighted by atomic mass is 10.2. The molecular formula is C12H22N2OS. The molecule has 2 aliphatic rings. The van der Waals surface area contributed by atoms with E-state index in [0.29, 0.717) is 16.9 Å². The number of likely N-dealkylation sites (tertiary alicyclic amines) is 1. The summed E-state index contributed by atoms with van der Waals surface area (Å²) in [6, 6.07) is 0. The predicted octanol–water partition coefficient (Wildman–Crippen LogP) is 1.48. The van der Waals surface area contributed by atoms with E-state index in [1.807, 2.05) is 11.8 Å². The highest BCUT2D eigenvalue weighted by molar-refractivity contribution is 8.00. The highest BCUT2D eigenvalue weighted by atomic mass is 32.2. The van der Waals surface area contributed by atoms with Crippen molar-refractivity contribution in [2.75, 3.05) is 31.9 Å². The van der Waals surface area contributed by atoms with E-state index in [9.17, 15) is 4.79 Å². The highest BCUT2D eigenvalue weighted by Gasteiger charge is 2.19. The second-order valence-corrected chi connectivity index (χ2v) is 6.01. The van der Waals surface area contributed by atoms with Gasteiger partial charge in [0, 0.05) is 24.9 Å². The van der Waals surface area contributed by atoms with Crippen molar-refractivity contribution in [1.82, 2.24) is 10.2 Å². The minimum Gasteiger partial charge on any atom is -0.342 e. The average molecular weight is 242 g/mol. The van der Waals surface area contributed by atoms with Gasteiger partial charge in [0.2, 0.25) is 5.91 Å². The predicted molar refractivity (Wildman–Crippen MR) is 68.8 cm³/mol. The van der Waals surface area contributed by atoms with Crippen LogP contribution in [0.5, 0.6) is 0 Å². The summed E-state index contributed by atoms with van der Waals surface area (Å²) in [5, 5.41) is 4.00. The van der Waals surface area contributed by atoms with Crippen molar-refractivity contribution >= 4 is 17.7 Å². The molecule has 0 spiro atoms. The van der Waals surface area contributed by atoms with Gasteiger partial charge in [0.25, 0.3) is 0 Å². The molecule has 92 valence electrons. The number of thioether (sulfide) groups is 1. The second-order valence-electron chi connectivity index (χ2n) is 4.72. The Balaban J connectivity index is 1.69. The molecule has 2 aliphatic heterocycles. The Labute approximate surface area is 102 Å². The lowest BCUT2D eigenvalue weighted by molar-refractivity contribution is -0.128. The standard InChI is InChI=1S/C12H22N2OS/c15-12(10-16-11-5-6-13-9-11)14-7-3-1-2-4-8-14/h11,13H,1-10H2. The minimum atomic E-state index is 0.360. The molecule has 0 saturated carbocycles. The van der Waals surface area contributed by atoms with Crippen LogP contribution in [0.4, 0.5) is 0 Å². The molecule has 3 nitrogen and oxygen atoms in total. The minimum absolute atomic E-state index is 0.360. The summed E-state index contributed by atoms with van der Waals surface area (Å²) in [5.74, 6) is 1.05. The van der Waals surface area contributed by atoms with Crippen LogP contribution in [-0.2, 0) is 4.79 Å². The molecule has 2 heterocycles. The SMILES string of the molecule is O=C(CSC1CCNC1)N1CCCCCC1. The van der Waals surface area contributed by atoms with Crippen LogP contribution in [0.2, 0.25) is 0 Å². The van der Waals surface area contributed by atoms with Gasteiger partial charge in [-0.2, -0.15) is 0 Å². The molecular weight excluding hydrogens is 220 g/mol. The fourth-order valence-corrected chi connectivity index (χ4v) is 3.45. The molecule has 16 heavy (non-hydrogen) atoms. The van der Waals surface area contributed by atoms with Gasteiger partial charge in [0.1, 0.15) is 0 Å². The van der Waals surface area contributed by atoms with E-state index in [4.69, 9.17) is 0 Å². The van der Waals surface area contributed by atoms with Gasteiger partial charge in [0.15, 0.2) is 0 Å². The number of carbonyl (C=O) groups excluding carboxylic acids is 1. The van der Waals surface area contributed by atoms with E-state index in [1.165, 1.54) is 32.1 Å². The number of nitrogens with zero attached hydrogens (tertiary/aromatic N) is 1. The Bertz CT molecular complexity index is 221. The summed E-state index contributed by atoms with van der Waals surface area (Å²) in [6.07, 6.45) is 6.20. The molecule has 0 aliphatic carbocycles. The number of nitrogens with one attached hydrogen (secondary N) is 1. The molecule has 2 rings (SSSR count). The molecule has 1 atom stereocenters. The number of carbonyl (C=O) groups is 1. The van der Waals surface area contributed by atoms with Gasteiger partial charge in [-0.25, -0.2) is 0 Å². The average Bonchev–Trinajstić information content (AvgIpc) is 2.66. The van der Waals surface area contributed by atoms with E-state index >= 15 is 0 Å². The zero-order chi connectivity index (χ0) is 11.2. The maximum Gasteiger partial charge on any atom is 0.232 e. The summed E-state index contributed by atoms with van der Waals surface area (Å²) in [5.41, 5.74) is 0. The maximum atomic E-state index is 12.0. The lowest BCUT2D eigenvalue weighted by Gasteiger charge is -2.20. The van der Waals surface area contributed by atoms with Crippen LogP contribution in [0.25, 0.3) is 0 Å². The van der Waals surface area contributed by atoms with Gasteiger partial charge >= 0.3 is 0 Å². The van der Waals surface area contributed by atoms with E-state index in [1.54, 1.807) is 0 Å². The number of hydrogen-bond acceptors (Lipinski definition) is 3. The molecule has 1 amide bonds. The Hall–Kier alpha value is -0.220. The normalized spacial score (nSPS) is 26.8. The zero-order valence-corrected chi connectivity index (χ0v) is 10.7. The quantitative estimate of drug-likeness (QED) is 0.814. The van der Waals surface area contributed by atoms with Crippen molar-refractivity contribution in [2.24, 2.45) is 0 Å². The van der Waals surface area contributed by atoms with E-state index in [2.05, 4.69) is 10.2 Å². The van der Waals surface area contributed by atoms with Crippen LogP contribution in [0.15, 0.2) is 0 Å². The van der Waals surface area contributed by atoms with Crippen molar-refractivity contribution in [1.29, 1.82) is 0 Å². The fraction of sp³-hybridized carbons (Fsp3) is 0.917. The zero-order valence-electron chi connectivity index (χ0n) is 9.91. The molecule has 0 aromatic carbocycles. The van der Waals surface area contributed by atoms with Crippen LogP contribution in [0.3, 0.4) is 0 Å². The van der Waals surface area contributed by atoms with Gasteiger partial charge in [-0.1, -0.05) is 12.8 Å². The Kier molecular flexibility index (Phi) is 4.97. The Morgan fingerprint density at radius 3 is 2.62 bits per heavy atom. The lowest BCUT2D eigenvalue weighted by Crippen LogP contribution is -2.33. The van der Waals surface area contributed by atoms with Gasteiger partial charge in [-0.15, -0.1) is 11.8 Å². The molecule has 0 bridgehead atoms. The topological polar surface area (TPSA) is 32.3 Å². The molecule has 2 saturated heterocycles. The first-order chi connectivity index (χ1) is 7.86. The second kappa shape index (κ2) is 6.50. The van der Waals surface area contributed by atoms with Gasteiger partial charge in [-0.05, 0) is 25.8 Å². The molecule has 1 unspecified atom stereocenters. The van der Waals surface area contributed by atoms with E-state index < -0.39 is 0 Å². The summed E-state index contributed by atoms with van der Waals surface area (Å²) in [6.45, 7) is 4.18. The summed E-state index contributed by atoms with van der Waals surface area (Å²) in [4.78, 5) is 14.1. The van der Waals surface area contributed by atoms with E-state index in [0.717, 1.165) is 26.2 Å². The van der Waals surface area contributed by atoms with Gasteiger partial charge in [-0.3, -0.25) is 4.79 Å². The smallest absolute Gasteiger partial charge is 0.232 e. The van der Waals surface area contributed by atoms with Gasteiger partial charge < -0.3 is 10.2 Å². The van der Waals surface area contributed by atoms with Crippen LogP contribution < -0.4 is 5.32 Å². The molecule has 4 heteroatoms. The van der Waals surface area contributed by atoms with Gasteiger partial charge in [0.05, 0.1) is 5.75 Å². The Morgan fingerprint density at radius 1 is 1.25 bits per heavy atom. The van der Waals surface area contributed by atoms with Crippen molar-refractivity contribution in [3.8, 4) is 0 Å². The van der Waals surface area contributed by atoms with Crippen LogP contribution in [-0.4, -0.2) is 48.0 Å². The van der Waals surface area contributed by atoms with Crippen molar-refractivity contribution in [3.05, 3.63) is 0 Å². The van der Waals surface area contributed by atoms with E-state index in [-0.39, 0.29) is 0 Å². The monoisotopic (exact) mass is 242 g/mol. The van der Waals surface area contributed by atoms with Crippen LogP contribution >= 0.6 is 11.8 Å². The first-order valence-corrected chi connectivity index (χ1v) is 7.51. The summed E-state index contributed by atoms with van der Waals surface area (Å²) < 4.78 is 0. The van der Waals surface area contributed by atoms with Crippen LogP contribution in [0, 0.1) is 0 Å². The number of rotatable bonds is 3. The molecule has 0 radical (unpaired) electrons. The van der Waals surface area contributed by atoms with Crippen molar-refractivity contribution in [3.63, 3.8) is 0 Å². The first-order valence-electron chi connectivity index (χ1n) is 6.46. The Morgan fingerprint density at radius 2 is 2.00 bits per heavy atom. The highest BCUT2D eigenvalue weighted by Crippen LogP contribution is 2.18. The number of amides is 1. The number of hydrogen-bond donors (Lipinski definition) is 1. The molecule has 1 N–H and O–H groups in total. The first kappa shape index (κ1) is 12.2. The summed E-state index contributed by atoms with van der Waals surface area (Å²) >= 11 is 1.84. The van der Waals surface area contributed by atoms with Crippen molar-refractivity contribution < 1.29 is 4.79 Å². The van der Waals surface area contributed by atoms with Crippen LogP contribution in [0.1, 0.15) is 32.1 Å². The fourth-order valence-electron chi connectivity index (χ4n) is 2.37. The third kappa shape index (κ3) is 3.67. The molecule has 0 aromatic rings. The largest absolute Gasteiger partial charge is 0.342 e. The molecule has 2 fully saturated rings. The third-order valence-corrected chi connectivity index (χ3v) is 4.70. The summed E-state index contributed by atoms with van der Waals surface area (Å²) in [7, 11) is 0. The third-order valence-electron chi connectivity index (χ3n) is 3.42. The molecule has 0 aromatic heterocycles. The van der Waals surface area contributed by atoms with Crippen molar-refractivity contribution in [2.45, 2.75) is 37.4 Å².